The molecular weight excluding hydrogens is 178 g/mol. The second-order valence-corrected chi connectivity index (χ2v) is 4.93. The molecule has 14 heavy (non-hydrogen) atoms. The van der Waals surface area contributed by atoms with E-state index in [1.165, 1.54) is 0 Å². The second kappa shape index (κ2) is 5.10. The molecule has 1 N–H and O–H groups in total. The Hall–Kier alpha value is -0.120. The Balaban J connectivity index is 2.33. The molecule has 0 bridgehead atoms. The van der Waals surface area contributed by atoms with E-state index in [-0.39, 0.29) is 0 Å². The van der Waals surface area contributed by atoms with Gasteiger partial charge in [0.25, 0.3) is 0 Å². The molecule has 1 aliphatic heterocycles. The van der Waals surface area contributed by atoms with E-state index in [4.69, 9.17) is 4.74 Å². The van der Waals surface area contributed by atoms with E-state index in [1.807, 2.05) is 0 Å². The predicted molar refractivity (Wildman–Crippen MR) is 57.3 cm³/mol. The van der Waals surface area contributed by atoms with Gasteiger partial charge in [-0.1, -0.05) is 13.8 Å². The van der Waals surface area contributed by atoms with Gasteiger partial charge in [0.05, 0.1) is 5.60 Å². The van der Waals surface area contributed by atoms with Crippen LogP contribution in [0.5, 0.6) is 0 Å². The minimum absolute atomic E-state index is 0.512. The van der Waals surface area contributed by atoms with E-state index in [0.29, 0.717) is 19.1 Å². The van der Waals surface area contributed by atoms with Gasteiger partial charge in [-0.15, -0.1) is 0 Å². The van der Waals surface area contributed by atoms with Gasteiger partial charge in [0.2, 0.25) is 0 Å². The lowest BCUT2D eigenvalue weighted by Crippen LogP contribution is -2.46. The Morgan fingerprint density at radius 1 is 1.36 bits per heavy atom. The maximum atomic E-state index is 10.2. The van der Waals surface area contributed by atoms with Gasteiger partial charge < -0.3 is 14.7 Å². The Morgan fingerprint density at radius 2 is 1.93 bits per heavy atom. The summed E-state index contributed by atoms with van der Waals surface area (Å²) in [6.45, 7) is 7.62. The monoisotopic (exact) mass is 201 g/mol. The third-order valence-electron chi connectivity index (χ3n) is 2.66. The Bertz CT molecular complexity index is 165. The van der Waals surface area contributed by atoms with Crippen LogP contribution in [0.3, 0.4) is 0 Å². The van der Waals surface area contributed by atoms with Gasteiger partial charge in [-0.25, -0.2) is 0 Å². The minimum atomic E-state index is -0.512. The third kappa shape index (κ3) is 3.95. The van der Waals surface area contributed by atoms with Gasteiger partial charge >= 0.3 is 0 Å². The number of aliphatic hydroxyl groups is 1. The Kier molecular flexibility index (Phi) is 4.35. The van der Waals surface area contributed by atoms with Crippen LogP contribution < -0.4 is 0 Å². The zero-order chi connectivity index (χ0) is 10.6. The average molecular weight is 201 g/mol. The summed E-state index contributed by atoms with van der Waals surface area (Å²) in [6, 6.07) is 0. The van der Waals surface area contributed by atoms with Crippen molar-refractivity contribution < 1.29 is 9.84 Å². The topological polar surface area (TPSA) is 32.7 Å². The summed E-state index contributed by atoms with van der Waals surface area (Å²) in [4.78, 5) is 2.22. The molecular formula is C11H23NO2. The fourth-order valence-electron chi connectivity index (χ4n) is 2.10. The first-order chi connectivity index (χ1) is 6.52. The molecule has 0 aromatic heterocycles. The van der Waals surface area contributed by atoms with Crippen molar-refractivity contribution >= 4 is 0 Å². The minimum Gasteiger partial charge on any atom is -0.388 e. The molecule has 0 aliphatic carbocycles. The van der Waals surface area contributed by atoms with Gasteiger partial charge in [0.1, 0.15) is 0 Å². The zero-order valence-electron chi connectivity index (χ0n) is 9.62. The van der Waals surface area contributed by atoms with E-state index in [9.17, 15) is 5.11 Å². The van der Waals surface area contributed by atoms with Gasteiger partial charge in [0.15, 0.2) is 0 Å². The van der Waals surface area contributed by atoms with Crippen molar-refractivity contribution in [3.8, 4) is 0 Å². The number of hydrogen-bond donors (Lipinski definition) is 1. The van der Waals surface area contributed by atoms with Crippen LogP contribution in [0.15, 0.2) is 0 Å². The van der Waals surface area contributed by atoms with Gasteiger partial charge in [-0.3, -0.25) is 0 Å². The first kappa shape index (κ1) is 12.0. The summed E-state index contributed by atoms with van der Waals surface area (Å²) in [5.41, 5.74) is -0.512. The lowest BCUT2D eigenvalue weighted by Gasteiger charge is -2.35. The maximum absolute atomic E-state index is 10.2. The molecule has 0 aromatic rings. The van der Waals surface area contributed by atoms with E-state index < -0.39 is 5.60 Å². The highest BCUT2D eigenvalue weighted by Crippen LogP contribution is 2.21. The van der Waals surface area contributed by atoms with E-state index in [0.717, 1.165) is 25.9 Å². The normalized spacial score (nSPS) is 21.9. The van der Waals surface area contributed by atoms with Crippen LogP contribution in [-0.2, 0) is 4.74 Å². The summed E-state index contributed by atoms with van der Waals surface area (Å²) >= 11 is 0. The van der Waals surface area contributed by atoms with Crippen LogP contribution in [0, 0.1) is 5.92 Å². The van der Waals surface area contributed by atoms with E-state index in [1.54, 1.807) is 0 Å². The molecule has 1 saturated heterocycles. The molecule has 1 heterocycles. The maximum Gasteiger partial charge on any atom is 0.0817 e. The lowest BCUT2D eigenvalue weighted by molar-refractivity contribution is -0.0776. The van der Waals surface area contributed by atoms with Crippen molar-refractivity contribution in [1.82, 2.24) is 4.90 Å². The first-order valence-corrected chi connectivity index (χ1v) is 5.50. The molecule has 0 amide bonds. The van der Waals surface area contributed by atoms with Crippen molar-refractivity contribution in [2.24, 2.45) is 5.92 Å². The largest absolute Gasteiger partial charge is 0.388 e. The number of ether oxygens (including phenoxy) is 1. The fourth-order valence-corrected chi connectivity index (χ4v) is 2.10. The van der Waals surface area contributed by atoms with E-state index in [2.05, 4.69) is 25.8 Å². The number of hydrogen-bond acceptors (Lipinski definition) is 3. The smallest absolute Gasteiger partial charge is 0.0817 e. The summed E-state index contributed by atoms with van der Waals surface area (Å²) in [7, 11) is 2.08. The molecule has 0 spiro atoms. The van der Waals surface area contributed by atoms with Crippen molar-refractivity contribution in [3.63, 3.8) is 0 Å². The summed E-state index contributed by atoms with van der Waals surface area (Å²) < 4.78 is 5.25. The molecule has 0 atom stereocenters. The molecule has 3 heteroatoms. The highest BCUT2D eigenvalue weighted by molar-refractivity contribution is 4.84. The summed E-state index contributed by atoms with van der Waals surface area (Å²) in [5.74, 6) is 0.656. The second-order valence-electron chi connectivity index (χ2n) is 4.93. The van der Waals surface area contributed by atoms with Gasteiger partial charge in [0, 0.05) is 39.1 Å². The van der Waals surface area contributed by atoms with Crippen molar-refractivity contribution in [2.75, 3.05) is 33.4 Å². The van der Waals surface area contributed by atoms with Crippen molar-refractivity contribution in [2.45, 2.75) is 32.3 Å². The van der Waals surface area contributed by atoms with Gasteiger partial charge in [-0.05, 0) is 13.0 Å². The molecule has 1 aliphatic rings. The van der Waals surface area contributed by atoms with Crippen LogP contribution in [0.1, 0.15) is 26.7 Å². The number of rotatable bonds is 4. The molecule has 0 aromatic carbocycles. The standard InChI is InChI=1S/C11H23NO2/c1-10(2)8-12(3)9-11(13)4-6-14-7-5-11/h10,13H,4-9H2,1-3H3. The Morgan fingerprint density at radius 3 is 2.43 bits per heavy atom. The molecule has 0 radical (unpaired) electrons. The van der Waals surface area contributed by atoms with Crippen LogP contribution in [0.2, 0.25) is 0 Å². The summed E-state index contributed by atoms with van der Waals surface area (Å²) in [6.07, 6.45) is 1.55. The molecule has 84 valence electrons. The van der Waals surface area contributed by atoms with Crippen LogP contribution in [0.4, 0.5) is 0 Å². The molecule has 0 unspecified atom stereocenters. The van der Waals surface area contributed by atoms with Crippen molar-refractivity contribution in [3.05, 3.63) is 0 Å². The highest BCUT2D eigenvalue weighted by Gasteiger charge is 2.30. The van der Waals surface area contributed by atoms with Crippen LogP contribution >= 0.6 is 0 Å². The zero-order valence-corrected chi connectivity index (χ0v) is 9.62. The molecule has 0 saturated carbocycles. The van der Waals surface area contributed by atoms with Gasteiger partial charge in [-0.2, -0.15) is 0 Å². The van der Waals surface area contributed by atoms with Crippen molar-refractivity contribution in [1.29, 1.82) is 0 Å². The predicted octanol–water partition coefficient (Wildman–Crippen LogP) is 1.12. The fraction of sp³-hybridized carbons (Fsp3) is 1.00. The third-order valence-corrected chi connectivity index (χ3v) is 2.66. The molecule has 3 nitrogen and oxygen atoms in total. The Labute approximate surface area is 87.1 Å². The number of nitrogens with zero attached hydrogens (tertiary/aromatic N) is 1. The quantitative estimate of drug-likeness (QED) is 0.739. The SMILES string of the molecule is CC(C)CN(C)CC1(O)CCOCC1. The highest BCUT2D eigenvalue weighted by atomic mass is 16.5. The molecule has 1 fully saturated rings. The van der Waals surface area contributed by atoms with Crippen LogP contribution in [-0.4, -0.2) is 49.0 Å². The van der Waals surface area contributed by atoms with E-state index >= 15 is 0 Å². The molecule has 1 rings (SSSR count). The van der Waals surface area contributed by atoms with Crippen LogP contribution in [0.25, 0.3) is 0 Å². The lowest BCUT2D eigenvalue weighted by atomic mass is 9.93. The average Bonchev–Trinajstić information content (AvgIpc) is 2.02. The number of likely N-dealkylation sites (N-methyl/N-ethyl adjacent to an activating group) is 1. The summed E-state index contributed by atoms with van der Waals surface area (Å²) in [5, 5.41) is 10.2. The first-order valence-electron chi connectivity index (χ1n) is 5.50.